The number of carboxylic acid groups (broad SMARTS) is 1. The molecule has 6 heteroatoms. The summed E-state index contributed by atoms with van der Waals surface area (Å²) in [6.45, 7) is -0.0290. The first kappa shape index (κ1) is 20.9. The predicted octanol–water partition coefficient (Wildman–Crippen LogP) is 2.54. The highest BCUT2D eigenvalue weighted by atomic mass is 16.5. The minimum absolute atomic E-state index is 0.0233. The molecule has 0 aliphatic heterocycles. The smallest absolute Gasteiger partial charge is 0.407 e. The molecule has 2 unspecified atom stereocenters. The van der Waals surface area contributed by atoms with Crippen molar-refractivity contribution in [3.8, 4) is 0 Å². The van der Waals surface area contributed by atoms with Gasteiger partial charge in [0.05, 0.1) is 38.5 Å². The molecule has 0 aromatic heterocycles. The minimum atomic E-state index is -1.16. The summed E-state index contributed by atoms with van der Waals surface area (Å²) in [6, 6.07) is 18.7. The number of aliphatic hydroxyl groups is 2. The molecule has 0 saturated heterocycles. The van der Waals surface area contributed by atoms with Gasteiger partial charge in [-0.3, -0.25) is 0 Å². The molecule has 27 heavy (non-hydrogen) atoms. The van der Waals surface area contributed by atoms with E-state index in [-0.39, 0.29) is 19.8 Å². The number of carbonyl (C=O) groups is 1. The van der Waals surface area contributed by atoms with Gasteiger partial charge in [0.1, 0.15) is 0 Å². The maximum absolute atomic E-state index is 11.6. The average Bonchev–Trinajstić information content (AvgIpc) is 2.69. The Bertz CT molecular complexity index is 665. The topological polar surface area (TPSA) is 90.2 Å². The van der Waals surface area contributed by atoms with E-state index in [2.05, 4.69) is 0 Å². The molecule has 146 valence electrons. The van der Waals surface area contributed by atoms with E-state index < -0.39 is 18.2 Å². The van der Waals surface area contributed by atoms with Crippen molar-refractivity contribution < 1.29 is 24.9 Å². The van der Waals surface area contributed by atoms with Crippen molar-refractivity contribution in [1.82, 2.24) is 4.90 Å². The first-order valence-corrected chi connectivity index (χ1v) is 9.04. The highest BCUT2D eigenvalue weighted by molar-refractivity contribution is 5.65. The fourth-order valence-corrected chi connectivity index (χ4v) is 2.87. The quantitative estimate of drug-likeness (QED) is 0.563. The Morgan fingerprint density at radius 2 is 1.59 bits per heavy atom. The van der Waals surface area contributed by atoms with Crippen molar-refractivity contribution >= 4 is 6.09 Å². The fourth-order valence-electron chi connectivity index (χ4n) is 2.87. The van der Waals surface area contributed by atoms with Crippen LogP contribution < -0.4 is 0 Å². The van der Waals surface area contributed by atoms with Crippen LogP contribution in [0.4, 0.5) is 4.79 Å². The number of hydrogen-bond acceptors (Lipinski definition) is 4. The molecule has 0 aliphatic rings. The predicted molar refractivity (Wildman–Crippen MR) is 102 cm³/mol. The molecule has 0 spiro atoms. The Balaban J connectivity index is 1.83. The van der Waals surface area contributed by atoms with E-state index in [9.17, 15) is 20.1 Å². The molecule has 1 amide bonds. The van der Waals surface area contributed by atoms with Gasteiger partial charge in [-0.2, -0.15) is 0 Å². The maximum Gasteiger partial charge on any atom is 0.407 e. The first-order chi connectivity index (χ1) is 13.1. The van der Waals surface area contributed by atoms with Crippen LogP contribution in [0.5, 0.6) is 0 Å². The van der Waals surface area contributed by atoms with Crippen LogP contribution in [0, 0.1) is 0 Å². The standard InChI is InChI=1S/C21H27NO5/c23-14-19(12-11-17-7-3-1-4-8-17)22(21(25)26)13-20(24)16-27-15-18-9-5-2-6-10-18/h1-10,19-20,23-24H,11-16H2,(H,25,26). The number of rotatable bonds is 11. The van der Waals surface area contributed by atoms with Crippen LogP contribution in [0.15, 0.2) is 60.7 Å². The number of hydrogen-bond donors (Lipinski definition) is 3. The Morgan fingerprint density at radius 3 is 2.15 bits per heavy atom. The van der Waals surface area contributed by atoms with Gasteiger partial charge in [-0.05, 0) is 24.0 Å². The number of amides is 1. The third-order valence-corrected chi connectivity index (χ3v) is 4.34. The van der Waals surface area contributed by atoms with Gasteiger partial charge >= 0.3 is 6.09 Å². The second kappa shape index (κ2) is 11.3. The number of aliphatic hydroxyl groups excluding tert-OH is 2. The van der Waals surface area contributed by atoms with E-state index in [0.29, 0.717) is 19.4 Å². The Hall–Kier alpha value is -2.41. The van der Waals surface area contributed by atoms with Crippen LogP contribution in [0.1, 0.15) is 17.5 Å². The molecular formula is C21H27NO5. The van der Waals surface area contributed by atoms with Crippen LogP contribution in [0.3, 0.4) is 0 Å². The lowest BCUT2D eigenvalue weighted by molar-refractivity contribution is -0.000733. The van der Waals surface area contributed by atoms with Crippen molar-refractivity contribution in [2.24, 2.45) is 0 Å². The second-order valence-corrected chi connectivity index (χ2v) is 6.45. The van der Waals surface area contributed by atoms with E-state index in [0.717, 1.165) is 16.0 Å². The summed E-state index contributed by atoms with van der Waals surface area (Å²) in [7, 11) is 0. The van der Waals surface area contributed by atoms with Crippen LogP contribution in [-0.4, -0.2) is 58.2 Å². The molecule has 0 bridgehead atoms. The normalized spacial score (nSPS) is 13.1. The van der Waals surface area contributed by atoms with Gasteiger partial charge in [-0.15, -0.1) is 0 Å². The summed E-state index contributed by atoms with van der Waals surface area (Å²) >= 11 is 0. The van der Waals surface area contributed by atoms with Crippen molar-refractivity contribution in [1.29, 1.82) is 0 Å². The summed E-state index contributed by atoms with van der Waals surface area (Å²) < 4.78 is 5.47. The molecule has 0 heterocycles. The lowest BCUT2D eigenvalue weighted by atomic mass is 10.0. The van der Waals surface area contributed by atoms with Crippen LogP contribution in [-0.2, 0) is 17.8 Å². The molecular weight excluding hydrogens is 346 g/mol. The number of nitrogens with zero attached hydrogens (tertiary/aromatic N) is 1. The SMILES string of the molecule is O=C(O)N(CC(O)COCc1ccccc1)C(CO)CCc1ccccc1. The first-order valence-electron chi connectivity index (χ1n) is 9.04. The molecule has 2 rings (SSSR count). The third-order valence-electron chi connectivity index (χ3n) is 4.34. The van der Waals surface area contributed by atoms with E-state index in [1.54, 1.807) is 0 Å². The molecule has 2 aromatic carbocycles. The van der Waals surface area contributed by atoms with Gasteiger partial charge in [-0.1, -0.05) is 60.7 Å². The van der Waals surface area contributed by atoms with E-state index >= 15 is 0 Å². The zero-order chi connectivity index (χ0) is 19.5. The molecule has 0 aliphatic carbocycles. The van der Waals surface area contributed by atoms with Gasteiger partial charge in [0, 0.05) is 0 Å². The van der Waals surface area contributed by atoms with Crippen molar-refractivity contribution in [2.75, 3.05) is 19.8 Å². The van der Waals surface area contributed by atoms with Gasteiger partial charge < -0.3 is 25.0 Å². The van der Waals surface area contributed by atoms with Crippen molar-refractivity contribution in [2.45, 2.75) is 31.6 Å². The van der Waals surface area contributed by atoms with Crippen molar-refractivity contribution in [3.05, 3.63) is 71.8 Å². The lowest BCUT2D eigenvalue weighted by Crippen LogP contribution is -2.46. The zero-order valence-electron chi connectivity index (χ0n) is 15.3. The largest absolute Gasteiger partial charge is 0.465 e. The summed E-state index contributed by atoms with van der Waals surface area (Å²) in [5.41, 5.74) is 2.06. The molecule has 0 saturated carbocycles. The van der Waals surface area contributed by atoms with E-state index in [1.807, 2.05) is 60.7 Å². The maximum atomic E-state index is 11.6. The van der Waals surface area contributed by atoms with E-state index in [1.165, 1.54) is 0 Å². The number of benzene rings is 2. The molecule has 2 atom stereocenters. The van der Waals surface area contributed by atoms with Crippen LogP contribution in [0.2, 0.25) is 0 Å². The Kier molecular flexibility index (Phi) is 8.77. The molecule has 2 aromatic rings. The van der Waals surface area contributed by atoms with E-state index in [4.69, 9.17) is 4.74 Å². The molecule has 0 fully saturated rings. The van der Waals surface area contributed by atoms with Gasteiger partial charge in [0.2, 0.25) is 0 Å². The van der Waals surface area contributed by atoms with Crippen LogP contribution in [0.25, 0.3) is 0 Å². The third kappa shape index (κ3) is 7.38. The Labute approximate surface area is 159 Å². The number of ether oxygens (including phenoxy) is 1. The molecule has 6 nitrogen and oxygen atoms in total. The minimum Gasteiger partial charge on any atom is -0.465 e. The van der Waals surface area contributed by atoms with Gasteiger partial charge in [-0.25, -0.2) is 4.79 Å². The summed E-state index contributed by atoms with van der Waals surface area (Å²) in [5.74, 6) is 0. The summed E-state index contributed by atoms with van der Waals surface area (Å²) in [4.78, 5) is 12.7. The van der Waals surface area contributed by atoms with Gasteiger partial charge in [0.25, 0.3) is 0 Å². The molecule has 3 N–H and O–H groups in total. The zero-order valence-corrected chi connectivity index (χ0v) is 15.3. The fraction of sp³-hybridized carbons (Fsp3) is 0.381. The highest BCUT2D eigenvalue weighted by Crippen LogP contribution is 2.12. The number of aryl methyl sites for hydroxylation is 1. The Morgan fingerprint density at radius 1 is 1.00 bits per heavy atom. The van der Waals surface area contributed by atoms with Crippen molar-refractivity contribution in [3.63, 3.8) is 0 Å². The van der Waals surface area contributed by atoms with Crippen LogP contribution >= 0.6 is 0 Å². The average molecular weight is 373 g/mol. The van der Waals surface area contributed by atoms with Gasteiger partial charge in [0.15, 0.2) is 0 Å². The monoisotopic (exact) mass is 373 g/mol. The second-order valence-electron chi connectivity index (χ2n) is 6.45. The summed E-state index contributed by atoms with van der Waals surface area (Å²) in [5, 5.41) is 29.3. The highest BCUT2D eigenvalue weighted by Gasteiger charge is 2.25. The lowest BCUT2D eigenvalue weighted by Gasteiger charge is -2.30. The molecule has 0 radical (unpaired) electrons. The summed E-state index contributed by atoms with van der Waals surface area (Å²) in [6.07, 6.45) is -0.999.